The lowest BCUT2D eigenvalue weighted by Gasteiger charge is -2.25. The van der Waals surface area contributed by atoms with E-state index in [2.05, 4.69) is 23.2 Å². The van der Waals surface area contributed by atoms with Crippen LogP contribution in [0.2, 0.25) is 0 Å². The quantitative estimate of drug-likeness (QED) is 0.884. The summed E-state index contributed by atoms with van der Waals surface area (Å²) < 4.78 is 5.46. The summed E-state index contributed by atoms with van der Waals surface area (Å²) in [5, 5.41) is 3.87. The third-order valence-electron chi connectivity index (χ3n) is 4.83. The Labute approximate surface area is 116 Å². The highest BCUT2D eigenvalue weighted by Crippen LogP contribution is 2.33. The lowest BCUT2D eigenvalue weighted by atomic mass is 9.85. The topological polar surface area (TPSA) is 28.4 Å². The number of furan rings is 1. The number of fused-ring (bicyclic) bond motifs is 1. The van der Waals surface area contributed by atoms with Crippen molar-refractivity contribution in [2.45, 2.75) is 57.7 Å². The van der Waals surface area contributed by atoms with E-state index in [1.54, 1.807) is 6.26 Å². The zero-order chi connectivity index (χ0) is 13.1. The first-order valence-corrected chi connectivity index (χ1v) is 7.86. The third-order valence-corrected chi connectivity index (χ3v) is 4.83. The van der Waals surface area contributed by atoms with E-state index >= 15 is 0 Å². The predicted octanol–water partition coefficient (Wildman–Crippen LogP) is 3.02. The standard InChI is InChI=1S/C16H26N2O/c1-2-18(12-15-7-5-9-19-15)11-14-10-13-6-3-4-8-16(13)17-14/h5,7,9,13-14,16-17H,2-4,6,8,10-12H2,1H3. The molecule has 0 aromatic carbocycles. The van der Waals surface area contributed by atoms with Gasteiger partial charge >= 0.3 is 0 Å². The minimum Gasteiger partial charge on any atom is -0.468 e. The van der Waals surface area contributed by atoms with E-state index in [1.807, 2.05) is 6.07 Å². The first-order chi connectivity index (χ1) is 9.35. The minimum absolute atomic E-state index is 0.683. The van der Waals surface area contributed by atoms with Crippen molar-refractivity contribution in [2.75, 3.05) is 13.1 Å². The Balaban J connectivity index is 1.52. The number of rotatable bonds is 5. The van der Waals surface area contributed by atoms with E-state index < -0.39 is 0 Å². The second kappa shape index (κ2) is 6.10. The van der Waals surface area contributed by atoms with Crippen LogP contribution in [0.3, 0.4) is 0 Å². The van der Waals surface area contributed by atoms with Gasteiger partial charge in [-0.3, -0.25) is 4.90 Å². The SMILES string of the molecule is CCN(Cc1ccco1)CC1CC2CCCCC2N1. The van der Waals surface area contributed by atoms with Gasteiger partial charge in [-0.05, 0) is 43.9 Å². The zero-order valence-electron chi connectivity index (χ0n) is 12.0. The Kier molecular flexibility index (Phi) is 4.24. The molecule has 1 aliphatic heterocycles. The molecular weight excluding hydrogens is 236 g/mol. The fourth-order valence-corrected chi connectivity index (χ4v) is 3.81. The normalized spacial score (nSPS) is 30.7. The average Bonchev–Trinajstić information content (AvgIpc) is 3.06. The molecule has 3 nitrogen and oxygen atoms in total. The molecule has 2 aliphatic rings. The lowest BCUT2D eigenvalue weighted by Crippen LogP contribution is -2.40. The molecular formula is C16H26N2O. The zero-order valence-corrected chi connectivity index (χ0v) is 12.0. The highest BCUT2D eigenvalue weighted by Gasteiger charge is 2.35. The van der Waals surface area contributed by atoms with Crippen LogP contribution < -0.4 is 5.32 Å². The molecule has 0 bridgehead atoms. The molecule has 0 amide bonds. The maximum absolute atomic E-state index is 5.46. The summed E-state index contributed by atoms with van der Waals surface area (Å²) in [6.45, 7) is 5.43. The van der Waals surface area contributed by atoms with Crippen molar-refractivity contribution < 1.29 is 4.42 Å². The van der Waals surface area contributed by atoms with E-state index in [1.165, 1.54) is 32.1 Å². The molecule has 1 saturated heterocycles. The molecule has 2 fully saturated rings. The molecule has 3 heteroatoms. The number of likely N-dealkylation sites (N-methyl/N-ethyl adjacent to an activating group) is 1. The summed E-state index contributed by atoms with van der Waals surface area (Å²) >= 11 is 0. The van der Waals surface area contributed by atoms with Crippen LogP contribution in [0.4, 0.5) is 0 Å². The average molecular weight is 262 g/mol. The first-order valence-electron chi connectivity index (χ1n) is 7.86. The molecule has 19 heavy (non-hydrogen) atoms. The fraction of sp³-hybridized carbons (Fsp3) is 0.750. The highest BCUT2D eigenvalue weighted by molar-refractivity contribution is 4.99. The Hall–Kier alpha value is -0.800. The van der Waals surface area contributed by atoms with Crippen molar-refractivity contribution in [2.24, 2.45) is 5.92 Å². The van der Waals surface area contributed by atoms with Gasteiger partial charge in [0.1, 0.15) is 5.76 Å². The fourth-order valence-electron chi connectivity index (χ4n) is 3.81. The molecule has 3 atom stereocenters. The Morgan fingerprint density at radius 3 is 3.00 bits per heavy atom. The molecule has 1 aromatic rings. The number of hydrogen-bond donors (Lipinski definition) is 1. The molecule has 2 heterocycles. The Morgan fingerprint density at radius 2 is 2.26 bits per heavy atom. The molecule has 1 aromatic heterocycles. The smallest absolute Gasteiger partial charge is 0.117 e. The predicted molar refractivity (Wildman–Crippen MR) is 76.9 cm³/mol. The van der Waals surface area contributed by atoms with Gasteiger partial charge in [0, 0.05) is 18.6 Å². The molecule has 106 valence electrons. The van der Waals surface area contributed by atoms with E-state index in [4.69, 9.17) is 4.42 Å². The molecule has 3 unspecified atom stereocenters. The van der Waals surface area contributed by atoms with Crippen LogP contribution in [-0.2, 0) is 6.54 Å². The van der Waals surface area contributed by atoms with Crippen LogP contribution in [0.25, 0.3) is 0 Å². The number of nitrogens with one attached hydrogen (secondary N) is 1. The molecule has 1 aliphatic carbocycles. The van der Waals surface area contributed by atoms with Gasteiger partial charge in [0.25, 0.3) is 0 Å². The highest BCUT2D eigenvalue weighted by atomic mass is 16.3. The molecule has 1 saturated carbocycles. The van der Waals surface area contributed by atoms with Gasteiger partial charge in [-0.15, -0.1) is 0 Å². The third kappa shape index (κ3) is 3.21. The van der Waals surface area contributed by atoms with Crippen molar-refractivity contribution in [3.8, 4) is 0 Å². The maximum Gasteiger partial charge on any atom is 0.117 e. The van der Waals surface area contributed by atoms with Crippen LogP contribution in [0.1, 0.15) is 44.8 Å². The van der Waals surface area contributed by atoms with Crippen molar-refractivity contribution >= 4 is 0 Å². The summed E-state index contributed by atoms with van der Waals surface area (Å²) in [6, 6.07) is 5.54. The second-order valence-electron chi connectivity index (χ2n) is 6.16. The number of nitrogens with zero attached hydrogens (tertiary/aromatic N) is 1. The van der Waals surface area contributed by atoms with Crippen LogP contribution in [0, 0.1) is 5.92 Å². The van der Waals surface area contributed by atoms with Crippen molar-refractivity contribution in [1.82, 2.24) is 10.2 Å². The van der Waals surface area contributed by atoms with Crippen molar-refractivity contribution in [1.29, 1.82) is 0 Å². The monoisotopic (exact) mass is 262 g/mol. The van der Waals surface area contributed by atoms with Gasteiger partial charge in [-0.2, -0.15) is 0 Å². The van der Waals surface area contributed by atoms with Crippen molar-refractivity contribution in [3.63, 3.8) is 0 Å². The molecule has 3 rings (SSSR count). The van der Waals surface area contributed by atoms with E-state index in [-0.39, 0.29) is 0 Å². The summed E-state index contributed by atoms with van der Waals surface area (Å²) in [5.74, 6) is 2.03. The van der Waals surface area contributed by atoms with E-state index in [0.717, 1.165) is 37.4 Å². The first kappa shape index (κ1) is 13.2. The van der Waals surface area contributed by atoms with Crippen LogP contribution in [0.5, 0.6) is 0 Å². The van der Waals surface area contributed by atoms with Crippen LogP contribution in [-0.4, -0.2) is 30.1 Å². The van der Waals surface area contributed by atoms with Gasteiger partial charge in [-0.25, -0.2) is 0 Å². The van der Waals surface area contributed by atoms with Crippen molar-refractivity contribution in [3.05, 3.63) is 24.2 Å². The van der Waals surface area contributed by atoms with E-state index in [0.29, 0.717) is 6.04 Å². The Morgan fingerprint density at radius 1 is 1.37 bits per heavy atom. The van der Waals surface area contributed by atoms with Gasteiger partial charge in [-0.1, -0.05) is 19.8 Å². The second-order valence-corrected chi connectivity index (χ2v) is 6.16. The Bertz CT molecular complexity index is 362. The largest absolute Gasteiger partial charge is 0.468 e. The summed E-state index contributed by atoms with van der Waals surface area (Å²) in [4.78, 5) is 2.49. The summed E-state index contributed by atoms with van der Waals surface area (Å²) in [7, 11) is 0. The lowest BCUT2D eigenvalue weighted by molar-refractivity contribution is 0.231. The molecule has 0 spiro atoms. The van der Waals surface area contributed by atoms with Gasteiger partial charge in [0.2, 0.25) is 0 Å². The summed E-state index contributed by atoms with van der Waals surface area (Å²) in [6.07, 6.45) is 8.85. The maximum atomic E-state index is 5.46. The number of hydrogen-bond acceptors (Lipinski definition) is 3. The van der Waals surface area contributed by atoms with Crippen LogP contribution in [0.15, 0.2) is 22.8 Å². The summed E-state index contributed by atoms with van der Waals surface area (Å²) in [5.41, 5.74) is 0. The van der Waals surface area contributed by atoms with E-state index in [9.17, 15) is 0 Å². The molecule has 1 N–H and O–H groups in total. The van der Waals surface area contributed by atoms with Gasteiger partial charge in [0.15, 0.2) is 0 Å². The van der Waals surface area contributed by atoms with Crippen LogP contribution >= 0.6 is 0 Å². The minimum atomic E-state index is 0.683. The van der Waals surface area contributed by atoms with Gasteiger partial charge in [0.05, 0.1) is 12.8 Å². The van der Waals surface area contributed by atoms with Gasteiger partial charge < -0.3 is 9.73 Å². The molecule has 0 radical (unpaired) electrons.